The van der Waals surface area contributed by atoms with Gasteiger partial charge >= 0.3 is 51.4 Å². The van der Waals surface area contributed by atoms with E-state index in [1.54, 1.807) is 0 Å². The van der Waals surface area contributed by atoms with Gasteiger partial charge in [0, 0.05) is 0 Å². The van der Waals surface area contributed by atoms with E-state index in [1.807, 2.05) is 0 Å². The minimum atomic E-state index is -2.61. The van der Waals surface area contributed by atoms with Crippen molar-refractivity contribution in [3.63, 3.8) is 0 Å². The quantitative estimate of drug-likeness (QED) is 0.482. The fraction of sp³-hybridized carbons (Fsp3) is 0. The number of rotatable bonds is 0. The summed E-state index contributed by atoms with van der Waals surface area (Å²) in [7, 11) is 0. The van der Waals surface area contributed by atoms with Gasteiger partial charge in [-0.25, -0.2) is 0 Å². The van der Waals surface area contributed by atoms with Crippen molar-refractivity contribution in [2.24, 2.45) is 0 Å². The van der Waals surface area contributed by atoms with E-state index in [9.17, 15) is 0 Å². The molecule has 11 heavy (non-hydrogen) atoms. The van der Waals surface area contributed by atoms with Crippen molar-refractivity contribution in [1.29, 1.82) is 0 Å². The van der Waals surface area contributed by atoms with Gasteiger partial charge < -0.3 is 1.43 Å². The minimum Gasteiger partial charge on any atom is -1.00 e. The van der Waals surface area contributed by atoms with E-state index in [4.69, 9.17) is 59.7 Å². The summed E-state index contributed by atoms with van der Waals surface area (Å²) in [6, 6.07) is 0. The van der Waals surface area contributed by atoms with E-state index in [0.29, 0.717) is 0 Å². The molecule has 0 rings (SSSR count). The van der Waals surface area contributed by atoms with Gasteiger partial charge in [-0.1, -0.05) is 46.4 Å². The first kappa shape index (κ1) is 19.2. The van der Waals surface area contributed by atoms with Gasteiger partial charge in [-0.3, -0.25) is 9.11 Å². The summed E-state index contributed by atoms with van der Waals surface area (Å²) in [6.45, 7) is 0. The molecule has 0 fully saturated rings. The normalized spacial score (nSPS) is 7.55. The molecule has 0 unspecified atom stereocenters. The molecule has 3 nitrogen and oxygen atoms in total. The Morgan fingerprint density at radius 1 is 1.09 bits per heavy atom. The van der Waals surface area contributed by atoms with Crippen molar-refractivity contribution >= 4 is 57.8 Å². The van der Waals surface area contributed by atoms with Gasteiger partial charge in [0.2, 0.25) is 0 Å². The Hall–Kier alpha value is 2.61. The second-order valence-corrected chi connectivity index (χ2v) is 3.11. The standard InChI is InChI=1S/C2Cl4.K.H2O3S.H/c3-1(4)2(5)6;;1-4(2)3;/h;;(H2,1,2,3);/q;+1;;-1. The minimum absolute atomic E-state index is 0. The first-order valence-electron chi connectivity index (χ1n) is 1.54. The van der Waals surface area contributed by atoms with Crippen LogP contribution >= 0.6 is 46.4 Å². The molecule has 0 heterocycles. The number of hydrogen-bond donors (Lipinski definition) is 2. The first-order chi connectivity index (χ1) is 4.37. The second-order valence-electron chi connectivity index (χ2n) is 0.752. The molecule has 0 aromatic carbocycles. The molecule has 0 saturated heterocycles. The van der Waals surface area contributed by atoms with Crippen molar-refractivity contribution in [3.8, 4) is 0 Å². The zero-order chi connectivity index (χ0) is 8.73. The van der Waals surface area contributed by atoms with E-state index >= 15 is 0 Å². The van der Waals surface area contributed by atoms with Crippen LogP contribution in [-0.2, 0) is 11.4 Å². The van der Waals surface area contributed by atoms with Crippen LogP contribution in [-0.4, -0.2) is 13.3 Å². The third-order valence-electron chi connectivity index (χ3n) is 0.143. The monoisotopic (exact) mass is 286 g/mol. The van der Waals surface area contributed by atoms with Crippen molar-refractivity contribution < 1.29 is 66.1 Å². The van der Waals surface area contributed by atoms with Gasteiger partial charge in [-0.05, 0) is 0 Å². The molecule has 64 valence electrons. The molecule has 0 radical (unpaired) electrons. The SMILES string of the molecule is ClC(Cl)=C(Cl)Cl.O=S(O)O.[H-].[K+]. The Morgan fingerprint density at radius 2 is 1.18 bits per heavy atom. The average Bonchev–Trinajstić information content (AvgIpc) is 1.63. The molecule has 0 aliphatic carbocycles. The molecule has 0 saturated carbocycles. The Bertz CT molecular complexity index is 133. The van der Waals surface area contributed by atoms with Crippen LogP contribution in [0.4, 0.5) is 0 Å². The summed E-state index contributed by atoms with van der Waals surface area (Å²) in [5, 5.41) is 0. The van der Waals surface area contributed by atoms with E-state index in [2.05, 4.69) is 0 Å². The van der Waals surface area contributed by atoms with Crippen molar-refractivity contribution in [3.05, 3.63) is 8.98 Å². The topological polar surface area (TPSA) is 57.5 Å². The number of hydrogen-bond acceptors (Lipinski definition) is 1. The van der Waals surface area contributed by atoms with Gasteiger partial charge in [-0.15, -0.1) is 0 Å². The predicted molar refractivity (Wildman–Crippen MR) is 45.0 cm³/mol. The van der Waals surface area contributed by atoms with Crippen LogP contribution in [0.15, 0.2) is 8.98 Å². The maximum Gasteiger partial charge on any atom is 1.00 e. The zero-order valence-electron chi connectivity index (χ0n) is 6.22. The Balaban J connectivity index is -0.0000000483. The zero-order valence-corrected chi connectivity index (χ0v) is 12.2. The molecule has 0 aromatic rings. The molecule has 0 spiro atoms. The van der Waals surface area contributed by atoms with Gasteiger partial charge in [0.05, 0.1) is 0 Å². The van der Waals surface area contributed by atoms with E-state index in [1.165, 1.54) is 0 Å². The molecule has 0 amide bonds. The molecule has 0 aliphatic rings. The second kappa shape index (κ2) is 12.6. The average molecular weight is 288 g/mol. The van der Waals surface area contributed by atoms with Gasteiger partial charge in [0.1, 0.15) is 8.98 Å². The third-order valence-corrected chi connectivity index (χ3v) is 1.29. The predicted octanol–water partition coefficient (Wildman–Crippen LogP) is -0.134. The molecular formula is C2H3Cl4KO3S. The third kappa shape index (κ3) is 32.5. The van der Waals surface area contributed by atoms with E-state index in [0.717, 1.165) is 0 Å². The first-order valence-corrected chi connectivity index (χ1v) is 4.11. The Morgan fingerprint density at radius 3 is 1.18 bits per heavy atom. The van der Waals surface area contributed by atoms with Crippen molar-refractivity contribution in [2.45, 2.75) is 0 Å². The van der Waals surface area contributed by atoms with Crippen LogP contribution in [0.25, 0.3) is 0 Å². The molecule has 0 atom stereocenters. The largest absolute Gasteiger partial charge is 1.00 e. The molecular weight excluding hydrogens is 285 g/mol. The maximum absolute atomic E-state index is 8.67. The summed E-state index contributed by atoms with van der Waals surface area (Å²) >= 11 is 17.4. The molecule has 0 aliphatic heterocycles. The molecule has 0 bridgehead atoms. The van der Waals surface area contributed by atoms with Crippen LogP contribution < -0.4 is 51.4 Å². The van der Waals surface area contributed by atoms with Gasteiger partial charge in [-0.2, -0.15) is 4.21 Å². The van der Waals surface area contributed by atoms with Crippen LogP contribution in [0.5, 0.6) is 0 Å². The summed E-state index contributed by atoms with van der Waals surface area (Å²) in [5.41, 5.74) is 0. The van der Waals surface area contributed by atoms with Crippen LogP contribution in [0.3, 0.4) is 0 Å². The fourth-order valence-electron chi connectivity index (χ4n) is 0. The van der Waals surface area contributed by atoms with Crippen molar-refractivity contribution in [1.82, 2.24) is 0 Å². The summed E-state index contributed by atoms with van der Waals surface area (Å²) in [6.07, 6.45) is 0. The summed E-state index contributed by atoms with van der Waals surface area (Å²) < 4.78 is 22.6. The smallest absolute Gasteiger partial charge is 1.00 e. The van der Waals surface area contributed by atoms with Gasteiger partial charge in [0.15, 0.2) is 0 Å². The van der Waals surface area contributed by atoms with Crippen LogP contribution in [0.2, 0.25) is 0 Å². The molecule has 2 N–H and O–H groups in total. The van der Waals surface area contributed by atoms with Crippen LogP contribution in [0.1, 0.15) is 1.43 Å². The Kier molecular flexibility index (Phi) is 22.0. The molecule has 0 aromatic heterocycles. The van der Waals surface area contributed by atoms with Crippen LogP contribution in [0, 0.1) is 0 Å². The maximum atomic E-state index is 8.67. The molecule has 9 heteroatoms. The van der Waals surface area contributed by atoms with Gasteiger partial charge in [0.25, 0.3) is 11.4 Å². The van der Waals surface area contributed by atoms with E-state index < -0.39 is 11.4 Å². The summed E-state index contributed by atoms with van der Waals surface area (Å²) in [5.74, 6) is 0. The van der Waals surface area contributed by atoms with E-state index in [-0.39, 0.29) is 61.8 Å². The Labute approximate surface area is 130 Å². The summed E-state index contributed by atoms with van der Waals surface area (Å²) in [4.78, 5) is 0. The number of halogens is 4. The fourth-order valence-corrected chi connectivity index (χ4v) is 0. The van der Waals surface area contributed by atoms with Crippen molar-refractivity contribution in [2.75, 3.05) is 0 Å².